The van der Waals surface area contributed by atoms with E-state index in [1.54, 1.807) is 0 Å². The van der Waals surface area contributed by atoms with E-state index in [0.717, 1.165) is 12.8 Å². The standard InChI is InChI=1S/C47H34/c1-29-22-25-41-42(26-29)33-14-4-5-15-34(33)43-28-44(35-16-6-7-17-36(35)46(41)43)47-39-20-10-8-18-37(39)45(38-19-9-11-21-40(38)47)32-24-23-30-12-2-3-13-31(30)27-32/h2-8,10-18,20-28,43,46H,9,19H2,1H3. The Hall–Kier alpha value is -5.46. The van der Waals surface area contributed by atoms with Gasteiger partial charge in [-0.1, -0.05) is 151 Å². The molecule has 10 rings (SSSR count). The summed E-state index contributed by atoms with van der Waals surface area (Å²) in [7, 11) is 0. The van der Waals surface area contributed by atoms with Crippen molar-refractivity contribution in [3.05, 3.63) is 190 Å². The van der Waals surface area contributed by atoms with Crippen LogP contribution in [0.2, 0.25) is 0 Å². The maximum absolute atomic E-state index is 2.63. The summed E-state index contributed by atoms with van der Waals surface area (Å²) in [4.78, 5) is 0. The fourth-order valence-electron chi connectivity index (χ4n) is 8.98. The second-order valence-corrected chi connectivity index (χ2v) is 13.5. The van der Waals surface area contributed by atoms with Crippen molar-refractivity contribution in [1.82, 2.24) is 0 Å². The smallest absolute Gasteiger partial charge is 0.0206 e. The molecule has 222 valence electrons. The van der Waals surface area contributed by atoms with E-state index in [4.69, 9.17) is 0 Å². The third-order valence-electron chi connectivity index (χ3n) is 11.0. The predicted molar refractivity (Wildman–Crippen MR) is 199 cm³/mol. The summed E-state index contributed by atoms with van der Waals surface area (Å²) in [5, 5.41) is 5.26. The Balaban J connectivity index is 1.28. The third kappa shape index (κ3) is 3.95. The molecule has 0 nitrogen and oxygen atoms in total. The van der Waals surface area contributed by atoms with Gasteiger partial charge in [-0.15, -0.1) is 0 Å². The minimum atomic E-state index is 0.258. The molecule has 0 N–H and O–H groups in total. The molecule has 0 radical (unpaired) electrons. The van der Waals surface area contributed by atoms with Crippen LogP contribution in [-0.4, -0.2) is 0 Å². The van der Waals surface area contributed by atoms with Crippen molar-refractivity contribution in [3.8, 4) is 22.3 Å². The zero-order chi connectivity index (χ0) is 31.1. The molecule has 7 aromatic rings. The zero-order valence-corrected chi connectivity index (χ0v) is 26.5. The van der Waals surface area contributed by atoms with E-state index in [9.17, 15) is 0 Å². The molecule has 47 heavy (non-hydrogen) atoms. The lowest BCUT2D eigenvalue weighted by atomic mass is 9.63. The van der Waals surface area contributed by atoms with Crippen LogP contribution < -0.4 is 0 Å². The molecular formula is C47H34. The number of benzene rings is 7. The van der Waals surface area contributed by atoms with Gasteiger partial charge in [0.15, 0.2) is 0 Å². The van der Waals surface area contributed by atoms with Crippen molar-refractivity contribution >= 4 is 33.2 Å². The average molecular weight is 599 g/mol. The molecule has 0 amide bonds. The highest BCUT2D eigenvalue weighted by Crippen LogP contribution is 2.57. The monoisotopic (exact) mass is 598 g/mol. The fourth-order valence-corrected chi connectivity index (χ4v) is 8.98. The molecule has 0 aliphatic heterocycles. The molecule has 0 aromatic heterocycles. The Morgan fingerprint density at radius 1 is 0.553 bits per heavy atom. The zero-order valence-electron chi connectivity index (χ0n) is 26.5. The number of aryl methyl sites for hydroxylation is 1. The second kappa shape index (κ2) is 10.3. The number of hydrogen-bond acceptors (Lipinski definition) is 0. The van der Waals surface area contributed by atoms with E-state index < -0.39 is 0 Å². The van der Waals surface area contributed by atoms with Gasteiger partial charge in [0.1, 0.15) is 0 Å². The van der Waals surface area contributed by atoms with Crippen molar-refractivity contribution in [1.29, 1.82) is 0 Å². The molecule has 7 aromatic carbocycles. The van der Waals surface area contributed by atoms with Crippen LogP contribution in [0, 0.1) is 6.92 Å². The van der Waals surface area contributed by atoms with Gasteiger partial charge in [0.2, 0.25) is 0 Å². The molecule has 2 unspecified atom stereocenters. The van der Waals surface area contributed by atoms with Crippen LogP contribution in [0.5, 0.6) is 0 Å². The molecular weight excluding hydrogens is 565 g/mol. The molecule has 2 atom stereocenters. The highest BCUT2D eigenvalue weighted by Gasteiger charge is 2.39. The predicted octanol–water partition coefficient (Wildman–Crippen LogP) is 12.3. The third-order valence-corrected chi connectivity index (χ3v) is 11.0. The van der Waals surface area contributed by atoms with Gasteiger partial charge in [-0.25, -0.2) is 0 Å². The van der Waals surface area contributed by atoms with Crippen LogP contribution in [0.15, 0.2) is 146 Å². The van der Waals surface area contributed by atoms with Crippen molar-refractivity contribution < 1.29 is 0 Å². The summed E-state index contributed by atoms with van der Waals surface area (Å²) in [6.07, 6.45) is 9.55. The summed E-state index contributed by atoms with van der Waals surface area (Å²) < 4.78 is 0. The van der Waals surface area contributed by atoms with Crippen molar-refractivity contribution in [2.24, 2.45) is 0 Å². The average Bonchev–Trinajstić information content (AvgIpc) is 3.13. The molecule has 0 saturated carbocycles. The summed E-state index contributed by atoms with van der Waals surface area (Å²) >= 11 is 0. The van der Waals surface area contributed by atoms with Gasteiger partial charge in [0.25, 0.3) is 0 Å². The van der Waals surface area contributed by atoms with Crippen LogP contribution in [0.25, 0.3) is 55.4 Å². The Morgan fingerprint density at radius 2 is 1.26 bits per heavy atom. The van der Waals surface area contributed by atoms with Crippen LogP contribution >= 0.6 is 0 Å². The van der Waals surface area contributed by atoms with Gasteiger partial charge in [-0.05, 0) is 114 Å². The van der Waals surface area contributed by atoms with E-state index in [-0.39, 0.29) is 11.8 Å². The lowest BCUT2D eigenvalue weighted by Crippen LogP contribution is -2.22. The lowest BCUT2D eigenvalue weighted by molar-refractivity contribution is 0.695. The first-order chi connectivity index (χ1) is 23.2. The Labute approximate surface area is 276 Å². The molecule has 3 aliphatic carbocycles. The van der Waals surface area contributed by atoms with Gasteiger partial charge in [0, 0.05) is 11.8 Å². The van der Waals surface area contributed by atoms with Crippen LogP contribution in [0.4, 0.5) is 0 Å². The lowest BCUT2D eigenvalue weighted by Gasteiger charge is -2.40. The van der Waals surface area contributed by atoms with Crippen LogP contribution in [0.3, 0.4) is 0 Å². The fraction of sp³-hybridized carbons (Fsp3) is 0.106. The van der Waals surface area contributed by atoms with Crippen LogP contribution in [0.1, 0.15) is 62.8 Å². The van der Waals surface area contributed by atoms with E-state index >= 15 is 0 Å². The number of allylic oxidation sites excluding steroid dienone is 2. The Kier molecular flexibility index (Phi) is 5.84. The Morgan fingerprint density at radius 3 is 2.13 bits per heavy atom. The normalized spacial score (nSPS) is 17.3. The first-order valence-corrected chi connectivity index (χ1v) is 17.0. The molecule has 0 fully saturated rings. The van der Waals surface area contributed by atoms with Gasteiger partial charge in [0.05, 0.1) is 0 Å². The highest BCUT2D eigenvalue weighted by molar-refractivity contribution is 6.10. The largest absolute Gasteiger partial charge is 0.0836 e. The molecule has 0 spiro atoms. The first-order valence-electron chi connectivity index (χ1n) is 17.0. The quantitative estimate of drug-likeness (QED) is 0.186. The number of hydrogen-bond donors (Lipinski definition) is 0. The molecule has 0 heterocycles. The van der Waals surface area contributed by atoms with Crippen LogP contribution in [-0.2, 0) is 6.42 Å². The maximum Gasteiger partial charge on any atom is 0.0206 e. The van der Waals surface area contributed by atoms with E-state index in [2.05, 4.69) is 159 Å². The molecule has 0 heteroatoms. The molecule has 0 saturated heterocycles. The van der Waals surface area contributed by atoms with Gasteiger partial charge < -0.3 is 0 Å². The maximum atomic E-state index is 2.63. The topological polar surface area (TPSA) is 0 Å². The van der Waals surface area contributed by atoms with Gasteiger partial charge in [-0.2, -0.15) is 0 Å². The number of fused-ring (bicyclic) bond motifs is 11. The van der Waals surface area contributed by atoms with Crippen molar-refractivity contribution in [2.45, 2.75) is 31.6 Å². The van der Waals surface area contributed by atoms with Crippen molar-refractivity contribution in [3.63, 3.8) is 0 Å². The summed E-state index contributed by atoms with van der Waals surface area (Å²) in [5.74, 6) is 0.545. The first kappa shape index (κ1) is 26.7. The Bertz CT molecular complexity index is 2490. The summed E-state index contributed by atoms with van der Waals surface area (Å²) in [6, 6.07) is 50.4. The minimum Gasteiger partial charge on any atom is -0.0836 e. The minimum absolute atomic E-state index is 0.258. The second-order valence-electron chi connectivity index (χ2n) is 13.5. The number of rotatable bonds is 2. The van der Waals surface area contributed by atoms with Gasteiger partial charge in [-0.3, -0.25) is 0 Å². The van der Waals surface area contributed by atoms with E-state index in [0.29, 0.717) is 0 Å². The summed E-state index contributed by atoms with van der Waals surface area (Å²) in [5.41, 5.74) is 18.1. The van der Waals surface area contributed by atoms with Crippen molar-refractivity contribution in [2.75, 3.05) is 0 Å². The molecule has 3 aliphatic rings. The van der Waals surface area contributed by atoms with E-state index in [1.165, 1.54) is 93.9 Å². The SMILES string of the molecule is Cc1ccc2c(c1)-c1ccccc1C1C=C(c3c4c(c(-c5ccc6ccccc6c5)c5ccccc35)CCC=C4)c3ccccc3C21. The van der Waals surface area contributed by atoms with E-state index in [1.807, 2.05) is 0 Å². The van der Waals surface area contributed by atoms with Gasteiger partial charge >= 0.3 is 0 Å². The summed E-state index contributed by atoms with van der Waals surface area (Å²) in [6.45, 7) is 2.21. The highest BCUT2D eigenvalue weighted by atomic mass is 14.4. The molecule has 0 bridgehead atoms.